The molecule has 0 fully saturated rings. The number of rotatable bonds is 3. The molecule has 0 unspecified atom stereocenters. The summed E-state index contributed by atoms with van der Waals surface area (Å²) in [7, 11) is 0. The van der Waals surface area contributed by atoms with Gasteiger partial charge in [0.1, 0.15) is 5.52 Å². The summed E-state index contributed by atoms with van der Waals surface area (Å²) in [6.45, 7) is 4.59. The smallest absolute Gasteiger partial charge is 0.258 e. The topological polar surface area (TPSA) is 46.3 Å². The van der Waals surface area contributed by atoms with Crippen LogP contribution in [0.2, 0.25) is 0 Å². The molecule has 1 aromatic heterocycles. The van der Waals surface area contributed by atoms with Crippen LogP contribution in [-0.4, -0.2) is 17.4 Å². The predicted octanol–water partition coefficient (Wildman–Crippen LogP) is 3.80. The summed E-state index contributed by atoms with van der Waals surface area (Å²) in [6.07, 6.45) is 1.39. The van der Waals surface area contributed by atoms with Crippen molar-refractivity contribution in [1.29, 1.82) is 0 Å². The third-order valence-electron chi connectivity index (χ3n) is 3.45. The van der Waals surface area contributed by atoms with Crippen molar-refractivity contribution >= 4 is 22.7 Å². The van der Waals surface area contributed by atoms with Crippen molar-refractivity contribution in [2.75, 3.05) is 11.4 Å². The first-order valence-electron chi connectivity index (χ1n) is 6.91. The maximum Gasteiger partial charge on any atom is 0.258 e. The Morgan fingerprint density at radius 1 is 1.24 bits per heavy atom. The number of nitrogens with zero attached hydrogens (tertiary/aromatic N) is 2. The van der Waals surface area contributed by atoms with Crippen LogP contribution in [0, 0.1) is 6.92 Å². The fourth-order valence-electron chi connectivity index (χ4n) is 2.38. The van der Waals surface area contributed by atoms with Gasteiger partial charge in [0.25, 0.3) is 5.91 Å². The van der Waals surface area contributed by atoms with Gasteiger partial charge in [-0.15, -0.1) is 0 Å². The lowest BCUT2D eigenvalue weighted by atomic mass is 10.1. The summed E-state index contributed by atoms with van der Waals surface area (Å²) in [5.74, 6) is -0.0404. The van der Waals surface area contributed by atoms with Crippen molar-refractivity contribution in [1.82, 2.24) is 4.98 Å². The lowest BCUT2D eigenvalue weighted by molar-refractivity contribution is 0.0988. The Labute approximate surface area is 123 Å². The van der Waals surface area contributed by atoms with E-state index in [0.29, 0.717) is 17.7 Å². The Morgan fingerprint density at radius 2 is 2.10 bits per heavy atom. The summed E-state index contributed by atoms with van der Waals surface area (Å²) in [4.78, 5) is 18.5. The summed E-state index contributed by atoms with van der Waals surface area (Å²) >= 11 is 0. The lowest BCUT2D eigenvalue weighted by Gasteiger charge is -2.21. The van der Waals surface area contributed by atoms with E-state index in [9.17, 15) is 4.79 Å². The zero-order valence-corrected chi connectivity index (χ0v) is 12.0. The van der Waals surface area contributed by atoms with Gasteiger partial charge >= 0.3 is 0 Å². The standard InChI is InChI=1S/C17H16N2O2/c1-3-19(14-6-4-5-12(2)9-14)17(20)13-7-8-15-16(10-13)21-11-18-15/h4-11H,3H2,1-2H3. The van der Waals surface area contributed by atoms with Crippen molar-refractivity contribution < 1.29 is 9.21 Å². The maximum atomic E-state index is 12.7. The number of carbonyl (C=O) groups excluding carboxylic acids is 1. The molecule has 106 valence electrons. The number of benzene rings is 2. The molecule has 3 aromatic rings. The van der Waals surface area contributed by atoms with Gasteiger partial charge in [-0.3, -0.25) is 4.79 Å². The molecule has 0 saturated heterocycles. The van der Waals surface area contributed by atoms with E-state index in [1.165, 1.54) is 6.39 Å². The summed E-state index contributed by atoms with van der Waals surface area (Å²) in [5, 5.41) is 0. The number of fused-ring (bicyclic) bond motifs is 1. The molecule has 4 heteroatoms. The van der Waals surface area contributed by atoms with Crippen molar-refractivity contribution in [3.63, 3.8) is 0 Å². The Bertz CT molecular complexity index is 792. The number of hydrogen-bond acceptors (Lipinski definition) is 3. The first-order valence-corrected chi connectivity index (χ1v) is 6.91. The van der Waals surface area contributed by atoms with Gasteiger partial charge in [0, 0.05) is 17.8 Å². The minimum Gasteiger partial charge on any atom is -0.443 e. The Morgan fingerprint density at radius 3 is 2.86 bits per heavy atom. The molecule has 0 aliphatic rings. The van der Waals surface area contributed by atoms with E-state index >= 15 is 0 Å². The molecule has 0 radical (unpaired) electrons. The van der Waals surface area contributed by atoms with Gasteiger partial charge in [-0.2, -0.15) is 0 Å². The quantitative estimate of drug-likeness (QED) is 0.733. The van der Waals surface area contributed by atoms with Crippen molar-refractivity contribution in [3.8, 4) is 0 Å². The van der Waals surface area contributed by atoms with E-state index in [1.54, 1.807) is 23.1 Å². The summed E-state index contributed by atoms with van der Waals surface area (Å²) < 4.78 is 5.27. The third-order valence-corrected chi connectivity index (χ3v) is 3.45. The third kappa shape index (κ3) is 2.52. The highest BCUT2D eigenvalue weighted by molar-refractivity contribution is 6.07. The molecular weight excluding hydrogens is 264 g/mol. The molecule has 0 atom stereocenters. The van der Waals surface area contributed by atoms with Gasteiger partial charge in [0.2, 0.25) is 0 Å². The second kappa shape index (κ2) is 5.40. The maximum absolute atomic E-state index is 12.7. The molecule has 21 heavy (non-hydrogen) atoms. The second-order valence-electron chi connectivity index (χ2n) is 4.92. The van der Waals surface area contributed by atoms with Crippen LogP contribution in [0.3, 0.4) is 0 Å². The highest BCUT2D eigenvalue weighted by Crippen LogP contribution is 2.21. The number of amides is 1. The number of aromatic nitrogens is 1. The normalized spacial score (nSPS) is 10.8. The van der Waals surface area contributed by atoms with Gasteiger partial charge in [-0.05, 0) is 49.7 Å². The fourth-order valence-corrected chi connectivity index (χ4v) is 2.38. The largest absolute Gasteiger partial charge is 0.443 e. The number of hydrogen-bond donors (Lipinski definition) is 0. The monoisotopic (exact) mass is 280 g/mol. The van der Waals surface area contributed by atoms with Gasteiger partial charge in [0.05, 0.1) is 0 Å². The average molecular weight is 280 g/mol. The zero-order chi connectivity index (χ0) is 14.8. The molecule has 0 spiro atoms. The van der Waals surface area contributed by atoms with Gasteiger partial charge in [-0.1, -0.05) is 12.1 Å². The molecule has 0 aliphatic heterocycles. The van der Waals surface area contributed by atoms with Crippen LogP contribution >= 0.6 is 0 Å². The molecule has 4 nitrogen and oxygen atoms in total. The number of oxazole rings is 1. The first kappa shape index (κ1) is 13.4. The summed E-state index contributed by atoms with van der Waals surface area (Å²) in [6, 6.07) is 13.3. The van der Waals surface area contributed by atoms with E-state index in [4.69, 9.17) is 4.42 Å². The lowest BCUT2D eigenvalue weighted by Crippen LogP contribution is -2.30. The number of anilines is 1. The Balaban J connectivity index is 1.98. The SMILES string of the molecule is CCN(C(=O)c1ccc2ncoc2c1)c1cccc(C)c1. The van der Waals surface area contributed by atoms with E-state index in [-0.39, 0.29) is 5.91 Å². The van der Waals surface area contributed by atoms with E-state index < -0.39 is 0 Å². The van der Waals surface area contributed by atoms with E-state index in [0.717, 1.165) is 16.8 Å². The van der Waals surface area contributed by atoms with Crippen LogP contribution in [0.1, 0.15) is 22.8 Å². The molecule has 1 amide bonds. The highest BCUT2D eigenvalue weighted by atomic mass is 16.3. The van der Waals surface area contributed by atoms with Crippen molar-refractivity contribution in [2.24, 2.45) is 0 Å². The highest BCUT2D eigenvalue weighted by Gasteiger charge is 2.17. The van der Waals surface area contributed by atoms with Crippen LogP contribution in [0.25, 0.3) is 11.1 Å². The molecule has 0 saturated carbocycles. The molecule has 3 rings (SSSR count). The predicted molar refractivity (Wildman–Crippen MR) is 82.5 cm³/mol. The molecular formula is C17H16N2O2. The van der Waals surface area contributed by atoms with Crippen molar-refractivity contribution in [2.45, 2.75) is 13.8 Å². The van der Waals surface area contributed by atoms with Crippen molar-refractivity contribution in [3.05, 3.63) is 60.0 Å². The molecule has 1 heterocycles. The fraction of sp³-hybridized carbons (Fsp3) is 0.176. The molecule has 2 aromatic carbocycles. The number of aryl methyl sites for hydroxylation is 1. The van der Waals surface area contributed by atoms with Gasteiger partial charge in [0.15, 0.2) is 12.0 Å². The Hall–Kier alpha value is -2.62. The first-order chi connectivity index (χ1) is 10.2. The van der Waals surface area contributed by atoms with Crippen LogP contribution in [0.4, 0.5) is 5.69 Å². The Kier molecular flexibility index (Phi) is 3.44. The zero-order valence-electron chi connectivity index (χ0n) is 12.0. The van der Waals surface area contributed by atoms with E-state index in [1.807, 2.05) is 38.1 Å². The van der Waals surface area contributed by atoms with Crippen LogP contribution < -0.4 is 4.90 Å². The number of carbonyl (C=O) groups is 1. The van der Waals surface area contributed by atoms with Crippen LogP contribution in [0.5, 0.6) is 0 Å². The minimum atomic E-state index is -0.0404. The van der Waals surface area contributed by atoms with Gasteiger partial charge in [-0.25, -0.2) is 4.98 Å². The van der Waals surface area contributed by atoms with Crippen LogP contribution in [0.15, 0.2) is 53.3 Å². The van der Waals surface area contributed by atoms with E-state index in [2.05, 4.69) is 4.98 Å². The average Bonchev–Trinajstić information content (AvgIpc) is 2.95. The second-order valence-corrected chi connectivity index (χ2v) is 4.92. The molecule has 0 bridgehead atoms. The van der Waals surface area contributed by atoms with Gasteiger partial charge < -0.3 is 9.32 Å². The molecule has 0 aliphatic carbocycles. The minimum absolute atomic E-state index is 0.0404. The summed E-state index contributed by atoms with van der Waals surface area (Å²) in [5.41, 5.74) is 4.01. The molecule has 0 N–H and O–H groups in total. The van der Waals surface area contributed by atoms with Crippen LogP contribution in [-0.2, 0) is 0 Å².